The Kier molecular flexibility index (Phi) is 6.70. The van der Waals surface area contributed by atoms with Crippen LogP contribution in [0.3, 0.4) is 0 Å². The van der Waals surface area contributed by atoms with Crippen molar-refractivity contribution >= 4 is 16.2 Å². The number of aliphatic carboxylic acids is 1. The van der Waals surface area contributed by atoms with Gasteiger partial charge in [0.25, 0.3) is 10.2 Å². The SMILES string of the molecule is CC1CCCN(S(=O)(=O)NCCOCCC(=O)O)C1. The standard InChI is InChI=1S/C11H22N2O5S/c1-10-3-2-6-13(9-10)19(16,17)12-5-8-18-7-4-11(14)15/h10,12H,2-9H2,1H3,(H,14,15). The number of piperidine rings is 1. The second-order valence-electron chi connectivity index (χ2n) is 4.76. The summed E-state index contributed by atoms with van der Waals surface area (Å²) < 4.78 is 32.8. The normalized spacial score (nSPS) is 21.4. The van der Waals surface area contributed by atoms with E-state index in [4.69, 9.17) is 9.84 Å². The summed E-state index contributed by atoms with van der Waals surface area (Å²) in [6.07, 6.45) is 1.87. The first-order chi connectivity index (χ1) is 8.92. The predicted octanol–water partition coefficient (Wildman–Crippen LogP) is 0.0440. The Bertz CT molecular complexity index is 385. The Balaban J connectivity index is 2.21. The van der Waals surface area contributed by atoms with Crippen LogP contribution in [0.15, 0.2) is 0 Å². The molecule has 112 valence electrons. The van der Waals surface area contributed by atoms with E-state index >= 15 is 0 Å². The van der Waals surface area contributed by atoms with Gasteiger partial charge in [-0.3, -0.25) is 4.79 Å². The van der Waals surface area contributed by atoms with Crippen LogP contribution >= 0.6 is 0 Å². The first-order valence-electron chi connectivity index (χ1n) is 6.46. The van der Waals surface area contributed by atoms with E-state index in [1.807, 2.05) is 6.92 Å². The van der Waals surface area contributed by atoms with Crippen LogP contribution in [0, 0.1) is 5.92 Å². The largest absolute Gasteiger partial charge is 0.481 e. The third-order valence-electron chi connectivity index (χ3n) is 2.95. The van der Waals surface area contributed by atoms with E-state index in [9.17, 15) is 13.2 Å². The van der Waals surface area contributed by atoms with Gasteiger partial charge >= 0.3 is 5.97 Å². The van der Waals surface area contributed by atoms with Crippen molar-refractivity contribution in [3.8, 4) is 0 Å². The van der Waals surface area contributed by atoms with Crippen LogP contribution in [-0.2, 0) is 19.7 Å². The molecule has 1 atom stereocenters. The minimum Gasteiger partial charge on any atom is -0.481 e. The minimum atomic E-state index is -3.43. The van der Waals surface area contributed by atoms with Crippen LogP contribution in [0.1, 0.15) is 26.2 Å². The van der Waals surface area contributed by atoms with Crippen molar-refractivity contribution in [1.29, 1.82) is 0 Å². The maximum absolute atomic E-state index is 11.9. The highest BCUT2D eigenvalue weighted by Gasteiger charge is 2.26. The average molecular weight is 294 g/mol. The molecule has 0 aromatic carbocycles. The molecule has 0 bridgehead atoms. The highest BCUT2D eigenvalue weighted by Crippen LogP contribution is 2.17. The Labute approximate surface area is 114 Å². The van der Waals surface area contributed by atoms with Gasteiger partial charge in [0.15, 0.2) is 0 Å². The van der Waals surface area contributed by atoms with E-state index in [1.54, 1.807) is 0 Å². The maximum atomic E-state index is 11.9. The molecule has 2 N–H and O–H groups in total. The van der Waals surface area contributed by atoms with Crippen LogP contribution in [0.4, 0.5) is 0 Å². The zero-order valence-corrected chi connectivity index (χ0v) is 12.0. The number of ether oxygens (including phenoxy) is 1. The van der Waals surface area contributed by atoms with Crippen molar-refractivity contribution < 1.29 is 23.1 Å². The van der Waals surface area contributed by atoms with Crippen LogP contribution in [0.5, 0.6) is 0 Å². The fourth-order valence-corrected chi connectivity index (χ4v) is 3.30. The van der Waals surface area contributed by atoms with Gasteiger partial charge in [-0.2, -0.15) is 17.4 Å². The molecule has 0 saturated carbocycles. The number of carbonyl (C=O) groups is 1. The van der Waals surface area contributed by atoms with E-state index in [-0.39, 0.29) is 26.2 Å². The Morgan fingerprint density at radius 1 is 1.47 bits per heavy atom. The van der Waals surface area contributed by atoms with Gasteiger partial charge in [-0.1, -0.05) is 6.92 Å². The molecule has 1 aliphatic heterocycles. The molecule has 7 nitrogen and oxygen atoms in total. The number of carboxylic acid groups (broad SMARTS) is 1. The number of hydrogen-bond acceptors (Lipinski definition) is 4. The lowest BCUT2D eigenvalue weighted by Gasteiger charge is -2.29. The summed E-state index contributed by atoms with van der Waals surface area (Å²) in [6.45, 7) is 3.58. The van der Waals surface area contributed by atoms with E-state index in [2.05, 4.69) is 4.72 Å². The smallest absolute Gasteiger partial charge is 0.305 e. The minimum absolute atomic E-state index is 0.0730. The molecule has 1 aliphatic rings. The number of rotatable bonds is 8. The van der Waals surface area contributed by atoms with Crippen LogP contribution in [0.25, 0.3) is 0 Å². The third kappa shape index (κ3) is 6.33. The molecule has 1 heterocycles. The van der Waals surface area contributed by atoms with Gasteiger partial charge in [0.05, 0.1) is 19.6 Å². The van der Waals surface area contributed by atoms with Gasteiger partial charge in [0.1, 0.15) is 0 Å². The lowest BCUT2D eigenvalue weighted by molar-refractivity contribution is -0.138. The number of hydrogen-bond donors (Lipinski definition) is 2. The average Bonchev–Trinajstić information content (AvgIpc) is 2.33. The molecular weight excluding hydrogens is 272 g/mol. The topological polar surface area (TPSA) is 95.9 Å². The van der Waals surface area contributed by atoms with Crippen LogP contribution in [-0.4, -0.2) is 56.6 Å². The number of nitrogens with one attached hydrogen (secondary N) is 1. The predicted molar refractivity (Wildman–Crippen MR) is 70.0 cm³/mol. The molecule has 0 aromatic heterocycles. The van der Waals surface area contributed by atoms with E-state index in [0.29, 0.717) is 19.0 Å². The van der Waals surface area contributed by atoms with Crippen molar-refractivity contribution in [1.82, 2.24) is 9.03 Å². The van der Waals surface area contributed by atoms with Gasteiger partial charge in [-0.15, -0.1) is 0 Å². The van der Waals surface area contributed by atoms with Crippen LogP contribution in [0.2, 0.25) is 0 Å². The summed E-state index contributed by atoms with van der Waals surface area (Å²) in [7, 11) is -3.43. The summed E-state index contributed by atoms with van der Waals surface area (Å²) in [5.41, 5.74) is 0. The summed E-state index contributed by atoms with van der Waals surface area (Å²) in [5, 5.41) is 8.40. The molecule has 0 amide bonds. The molecular formula is C11H22N2O5S. The van der Waals surface area contributed by atoms with Crippen molar-refractivity contribution in [2.45, 2.75) is 26.2 Å². The van der Waals surface area contributed by atoms with E-state index in [0.717, 1.165) is 12.8 Å². The number of carboxylic acids is 1. The molecule has 1 saturated heterocycles. The van der Waals surface area contributed by atoms with E-state index in [1.165, 1.54) is 4.31 Å². The van der Waals surface area contributed by atoms with Crippen LogP contribution < -0.4 is 4.72 Å². The summed E-state index contributed by atoms with van der Waals surface area (Å²) in [5.74, 6) is -0.542. The quantitative estimate of drug-likeness (QED) is 0.616. The van der Waals surface area contributed by atoms with Gasteiger partial charge in [0, 0.05) is 19.6 Å². The lowest BCUT2D eigenvalue weighted by Crippen LogP contribution is -2.46. The highest BCUT2D eigenvalue weighted by atomic mass is 32.2. The monoisotopic (exact) mass is 294 g/mol. The second-order valence-corrected chi connectivity index (χ2v) is 6.52. The Hall–Kier alpha value is -0.700. The van der Waals surface area contributed by atoms with Gasteiger partial charge in [-0.05, 0) is 18.8 Å². The second kappa shape index (κ2) is 7.78. The fraction of sp³-hybridized carbons (Fsp3) is 0.909. The summed E-state index contributed by atoms with van der Waals surface area (Å²) in [4.78, 5) is 10.2. The first-order valence-corrected chi connectivity index (χ1v) is 7.90. The molecule has 1 unspecified atom stereocenters. The maximum Gasteiger partial charge on any atom is 0.305 e. The molecule has 0 aliphatic carbocycles. The Morgan fingerprint density at radius 3 is 2.84 bits per heavy atom. The molecule has 0 aromatic rings. The molecule has 19 heavy (non-hydrogen) atoms. The van der Waals surface area contributed by atoms with Crippen molar-refractivity contribution in [2.24, 2.45) is 5.92 Å². The molecule has 8 heteroatoms. The van der Waals surface area contributed by atoms with Crippen molar-refractivity contribution in [2.75, 3.05) is 32.8 Å². The highest BCUT2D eigenvalue weighted by molar-refractivity contribution is 7.87. The van der Waals surface area contributed by atoms with Crippen molar-refractivity contribution in [3.63, 3.8) is 0 Å². The fourth-order valence-electron chi connectivity index (χ4n) is 1.96. The third-order valence-corrected chi connectivity index (χ3v) is 4.53. The first kappa shape index (κ1) is 16.4. The van der Waals surface area contributed by atoms with Gasteiger partial charge in [-0.25, -0.2) is 0 Å². The zero-order valence-electron chi connectivity index (χ0n) is 11.2. The summed E-state index contributed by atoms with van der Waals surface area (Å²) in [6, 6.07) is 0. The van der Waals surface area contributed by atoms with Crippen molar-refractivity contribution in [3.05, 3.63) is 0 Å². The summed E-state index contributed by atoms with van der Waals surface area (Å²) >= 11 is 0. The van der Waals surface area contributed by atoms with Gasteiger partial charge < -0.3 is 9.84 Å². The zero-order chi connectivity index (χ0) is 14.3. The molecule has 1 fully saturated rings. The molecule has 0 radical (unpaired) electrons. The number of nitrogens with zero attached hydrogens (tertiary/aromatic N) is 1. The lowest BCUT2D eigenvalue weighted by atomic mass is 10.0. The molecule has 0 spiro atoms. The molecule has 1 rings (SSSR count). The Morgan fingerprint density at radius 2 is 2.21 bits per heavy atom. The van der Waals surface area contributed by atoms with Gasteiger partial charge in [0.2, 0.25) is 0 Å². The van der Waals surface area contributed by atoms with E-state index < -0.39 is 16.2 Å².